The fraction of sp³-hybridized carbons (Fsp3) is 0.524. The zero-order valence-corrected chi connectivity index (χ0v) is 19.0. The summed E-state index contributed by atoms with van der Waals surface area (Å²) >= 11 is 0. The van der Waals surface area contributed by atoms with Crippen molar-refractivity contribution in [1.29, 1.82) is 0 Å². The number of fused-ring (bicyclic) bond motifs is 1. The maximum Gasteiger partial charge on any atom is 1.00 e. The number of rotatable bonds is 11. The number of hydrogen-bond acceptors (Lipinski definition) is 3. The molecule has 0 amide bonds. The van der Waals surface area contributed by atoms with Gasteiger partial charge < -0.3 is 4.55 Å². The van der Waals surface area contributed by atoms with Crippen LogP contribution in [-0.2, 0) is 16.5 Å². The summed E-state index contributed by atoms with van der Waals surface area (Å²) in [6.45, 7) is 2.23. The molecule has 0 saturated carbocycles. The Hall–Kier alpha value is -0.390. The molecule has 0 bridgehead atoms. The van der Waals surface area contributed by atoms with Gasteiger partial charge in [0.1, 0.15) is 10.1 Å². The van der Waals surface area contributed by atoms with Crippen LogP contribution in [0.25, 0.3) is 10.8 Å². The largest absolute Gasteiger partial charge is 1.00 e. The fourth-order valence-electron chi connectivity index (χ4n) is 3.32. The van der Waals surface area contributed by atoms with E-state index in [0.29, 0.717) is 12.0 Å². The molecule has 5 heteroatoms. The van der Waals surface area contributed by atoms with Crippen LogP contribution < -0.4 is 29.6 Å². The Labute approximate surface area is 180 Å². The Bertz CT molecular complexity index is 772. The van der Waals surface area contributed by atoms with Crippen LogP contribution in [0.1, 0.15) is 70.3 Å². The first-order valence-electron chi connectivity index (χ1n) is 9.50. The van der Waals surface area contributed by atoms with Gasteiger partial charge in [0.05, 0.1) is 4.90 Å². The Kier molecular flexibility index (Phi) is 11.0. The van der Waals surface area contributed by atoms with Crippen molar-refractivity contribution in [3.63, 3.8) is 0 Å². The number of benzene rings is 2. The zero-order valence-electron chi connectivity index (χ0n) is 16.2. The standard InChI is InChI=1S/C21H30O3S.Na/c1-2-3-4-5-6-7-8-9-10-15-20-16-18-13-11-12-14-19(18)17-21(20)25(22,23)24;/h11-14,16-17H,2-10,15H2,1H3,(H,22,23,24);/q;+1/p-1. The third-order valence-corrected chi connectivity index (χ3v) is 5.67. The molecular formula is C21H29NaO3S. The molecule has 0 saturated heterocycles. The van der Waals surface area contributed by atoms with Crippen LogP contribution in [-0.4, -0.2) is 13.0 Å². The molecule has 2 rings (SSSR count). The van der Waals surface area contributed by atoms with Crippen molar-refractivity contribution in [1.82, 2.24) is 0 Å². The SMILES string of the molecule is CCCCCCCCCCCc1cc2ccccc2cc1S(=O)(=O)[O-].[Na+]. The van der Waals surface area contributed by atoms with Crippen LogP contribution in [0.5, 0.6) is 0 Å². The molecule has 0 atom stereocenters. The minimum Gasteiger partial charge on any atom is -0.744 e. The number of aryl methyl sites for hydroxylation is 1. The zero-order chi connectivity index (χ0) is 18.1. The minimum absolute atomic E-state index is 0. The van der Waals surface area contributed by atoms with Crippen LogP contribution in [0.4, 0.5) is 0 Å². The minimum atomic E-state index is -4.44. The summed E-state index contributed by atoms with van der Waals surface area (Å²) in [6, 6.07) is 11.0. The molecule has 2 aromatic carbocycles. The second kappa shape index (κ2) is 12.1. The van der Waals surface area contributed by atoms with E-state index in [1.54, 1.807) is 0 Å². The molecule has 0 aromatic heterocycles. The number of hydrogen-bond donors (Lipinski definition) is 0. The van der Waals surface area contributed by atoms with E-state index in [9.17, 15) is 13.0 Å². The molecule has 26 heavy (non-hydrogen) atoms. The summed E-state index contributed by atoms with van der Waals surface area (Å²) in [4.78, 5) is -0.0502. The maximum absolute atomic E-state index is 11.6. The van der Waals surface area contributed by atoms with Gasteiger partial charge in [0, 0.05) is 0 Å². The average Bonchev–Trinajstić information content (AvgIpc) is 2.58. The first-order chi connectivity index (χ1) is 12.0. The van der Waals surface area contributed by atoms with Gasteiger partial charge in [-0.1, -0.05) is 82.6 Å². The Morgan fingerprint density at radius 2 is 1.31 bits per heavy atom. The van der Waals surface area contributed by atoms with Gasteiger partial charge in [0.15, 0.2) is 0 Å². The molecule has 2 aromatic rings. The van der Waals surface area contributed by atoms with E-state index >= 15 is 0 Å². The fourth-order valence-corrected chi connectivity index (χ4v) is 4.07. The van der Waals surface area contributed by atoms with Crippen molar-refractivity contribution in [2.75, 3.05) is 0 Å². The van der Waals surface area contributed by atoms with Crippen molar-refractivity contribution in [3.05, 3.63) is 42.0 Å². The number of unbranched alkanes of at least 4 members (excludes halogenated alkanes) is 8. The van der Waals surface area contributed by atoms with E-state index < -0.39 is 10.1 Å². The van der Waals surface area contributed by atoms with Gasteiger partial charge in [-0.15, -0.1) is 0 Å². The molecule has 0 aliphatic carbocycles. The van der Waals surface area contributed by atoms with Crippen molar-refractivity contribution >= 4 is 20.9 Å². The molecule has 0 radical (unpaired) electrons. The summed E-state index contributed by atoms with van der Waals surface area (Å²) in [7, 11) is -4.44. The molecule has 0 fully saturated rings. The average molecular weight is 385 g/mol. The molecule has 0 aliphatic rings. The van der Waals surface area contributed by atoms with Gasteiger partial charge in [-0.3, -0.25) is 0 Å². The van der Waals surface area contributed by atoms with Crippen LogP contribution in [0, 0.1) is 0 Å². The normalized spacial score (nSPS) is 11.5. The summed E-state index contributed by atoms with van der Waals surface area (Å²) in [5, 5.41) is 1.79. The summed E-state index contributed by atoms with van der Waals surface area (Å²) < 4.78 is 34.8. The van der Waals surface area contributed by atoms with Gasteiger partial charge in [-0.25, -0.2) is 8.42 Å². The van der Waals surface area contributed by atoms with Gasteiger partial charge in [0.2, 0.25) is 0 Å². The van der Waals surface area contributed by atoms with Crippen LogP contribution in [0.3, 0.4) is 0 Å². The van der Waals surface area contributed by atoms with Crippen LogP contribution in [0.2, 0.25) is 0 Å². The van der Waals surface area contributed by atoms with Crippen molar-refractivity contribution in [2.45, 2.75) is 76.0 Å². The Morgan fingerprint density at radius 1 is 0.808 bits per heavy atom. The van der Waals surface area contributed by atoms with E-state index in [4.69, 9.17) is 0 Å². The van der Waals surface area contributed by atoms with Crippen LogP contribution in [0.15, 0.2) is 41.3 Å². The van der Waals surface area contributed by atoms with Gasteiger partial charge in [0.25, 0.3) is 0 Å². The summed E-state index contributed by atoms with van der Waals surface area (Å²) in [6.07, 6.45) is 11.6. The second-order valence-corrected chi connectivity index (χ2v) is 8.19. The molecule has 0 spiro atoms. The first-order valence-corrected chi connectivity index (χ1v) is 10.9. The Morgan fingerprint density at radius 3 is 1.85 bits per heavy atom. The monoisotopic (exact) mass is 384 g/mol. The van der Waals surface area contributed by atoms with Crippen molar-refractivity contribution in [3.8, 4) is 0 Å². The third kappa shape index (κ3) is 7.69. The van der Waals surface area contributed by atoms with Gasteiger partial charge in [-0.05, 0) is 41.3 Å². The van der Waals surface area contributed by atoms with Gasteiger partial charge in [-0.2, -0.15) is 0 Å². The molecule has 0 aliphatic heterocycles. The molecule has 138 valence electrons. The molecule has 3 nitrogen and oxygen atoms in total. The first kappa shape index (κ1) is 23.6. The van der Waals surface area contributed by atoms with Crippen molar-refractivity contribution < 1.29 is 42.5 Å². The van der Waals surface area contributed by atoms with Gasteiger partial charge >= 0.3 is 29.6 Å². The molecule has 0 unspecified atom stereocenters. The van der Waals surface area contributed by atoms with E-state index in [0.717, 1.165) is 23.6 Å². The Balaban J connectivity index is 0.00000338. The quantitative estimate of drug-likeness (QED) is 0.340. The predicted molar refractivity (Wildman–Crippen MR) is 103 cm³/mol. The van der Waals surface area contributed by atoms with Crippen LogP contribution >= 0.6 is 0 Å². The van der Waals surface area contributed by atoms with E-state index in [-0.39, 0.29) is 34.5 Å². The van der Waals surface area contributed by atoms with E-state index in [1.807, 2.05) is 30.3 Å². The third-order valence-electron chi connectivity index (χ3n) is 4.75. The predicted octanol–water partition coefficient (Wildman–Crippen LogP) is 2.82. The summed E-state index contributed by atoms with van der Waals surface area (Å²) in [5.41, 5.74) is 0.664. The van der Waals surface area contributed by atoms with Crippen molar-refractivity contribution in [2.24, 2.45) is 0 Å². The smallest absolute Gasteiger partial charge is 0.744 e. The maximum atomic E-state index is 11.6. The molecule has 0 heterocycles. The topological polar surface area (TPSA) is 57.2 Å². The molecule has 0 N–H and O–H groups in total. The van der Waals surface area contributed by atoms with E-state index in [2.05, 4.69) is 6.92 Å². The summed E-state index contributed by atoms with van der Waals surface area (Å²) in [5.74, 6) is 0. The molecular weight excluding hydrogens is 355 g/mol. The van der Waals surface area contributed by atoms with E-state index in [1.165, 1.54) is 51.0 Å². The second-order valence-electron chi connectivity index (χ2n) is 6.84.